The van der Waals surface area contributed by atoms with Gasteiger partial charge in [-0.25, -0.2) is 0 Å². The van der Waals surface area contributed by atoms with Crippen LogP contribution < -0.4 is 10.1 Å². The van der Waals surface area contributed by atoms with Crippen molar-refractivity contribution in [1.82, 2.24) is 5.32 Å². The van der Waals surface area contributed by atoms with Gasteiger partial charge in [0, 0.05) is 11.6 Å². The second kappa shape index (κ2) is 6.12. The number of hydrogen-bond donors (Lipinski definition) is 2. The molecule has 0 aliphatic rings. The standard InChI is InChI=1S/C12H17NO3/c1-3-16-11-6-4-10(5-7-11)12(15)13-9(2)8-14/h4-7,9,14H,3,8H2,1-2H3,(H,13,15). The van der Waals surface area contributed by atoms with Gasteiger partial charge in [-0.1, -0.05) is 0 Å². The lowest BCUT2D eigenvalue weighted by atomic mass is 10.2. The van der Waals surface area contributed by atoms with E-state index in [2.05, 4.69) is 5.32 Å². The van der Waals surface area contributed by atoms with Gasteiger partial charge >= 0.3 is 0 Å². The van der Waals surface area contributed by atoms with E-state index in [0.717, 1.165) is 5.75 Å². The van der Waals surface area contributed by atoms with Crippen LogP contribution in [0.4, 0.5) is 0 Å². The number of nitrogens with one attached hydrogen (secondary N) is 1. The molecule has 0 saturated heterocycles. The number of amides is 1. The van der Waals surface area contributed by atoms with Crippen LogP contribution in [0, 0.1) is 0 Å². The van der Waals surface area contributed by atoms with E-state index >= 15 is 0 Å². The van der Waals surface area contributed by atoms with Gasteiger partial charge in [-0.3, -0.25) is 4.79 Å². The molecule has 0 aliphatic carbocycles. The van der Waals surface area contributed by atoms with E-state index in [1.54, 1.807) is 31.2 Å². The van der Waals surface area contributed by atoms with E-state index in [4.69, 9.17) is 9.84 Å². The van der Waals surface area contributed by atoms with E-state index in [1.165, 1.54) is 0 Å². The molecule has 0 fully saturated rings. The third-order valence-electron chi connectivity index (χ3n) is 2.08. The molecular weight excluding hydrogens is 206 g/mol. The zero-order chi connectivity index (χ0) is 12.0. The van der Waals surface area contributed by atoms with E-state index in [-0.39, 0.29) is 18.6 Å². The predicted molar refractivity (Wildman–Crippen MR) is 61.6 cm³/mol. The van der Waals surface area contributed by atoms with Crippen molar-refractivity contribution in [2.24, 2.45) is 0 Å². The quantitative estimate of drug-likeness (QED) is 0.788. The number of aliphatic hydroxyl groups is 1. The average molecular weight is 223 g/mol. The fourth-order valence-corrected chi connectivity index (χ4v) is 1.22. The summed E-state index contributed by atoms with van der Waals surface area (Å²) in [6.45, 7) is 4.19. The maximum Gasteiger partial charge on any atom is 0.251 e. The van der Waals surface area contributed by atoms with Crippen molar-refractivity contribution in [2.45, 2.75) is 19.9 Å². The lowest BCUT2D eigenvalue weighted by Crippen LogP contribution is -2.34. The molecule has 16 heavy (non-hydrogen) atoms. The van der Waals surface area contributed by atoms with E-state index in [9.17, 15) is 4.79 Å². The van der Waals surface area contributed by atoms with Crippen LogP contribution in [0.1, 0.15) is 24.2 Å². The molecule has 2 N–H and O–H groups in total. The van der Waals surface area contributed by atoms with Gasteiger partial charge in [-0.15, -0.1) is 0 Å². The molecule has 0 bridgehead atoms. The van der Waals surface area contributed by atoms with Crippen LogP contribution in [-0.2, 0) is 0 Å². The smallest absolute Gasteiger partial charge is 0.251 e. The maximum atomic E-state index is 11.6. The van der Waals surface area contributed by atoms with Gasteiger partial charge in [0.2, 0.25) is 0 Å². The van der Waals surface area contributed by atoms with Crippen LogP contribution in [0.2, 0.25) is 0 Å². The molecule has 1 rings (SSSR count). The summed E-state index contributed by atoms with van der Waals surface area (Å²) in [4.78, 5) is 11.6. The summed E-state index contributed by atoms with van der Waals surface area (Å²) in [7, 11) is 0. The average Bonchev–Trinajstić information content (AvgIpc) is 2.30. The predicted octanol–water partition coefficient (Wildman–Crippen LogP) is 1.20. The highest BCUT2D eigenvalue weighted by atomic mass is 16.5. The summed E-state index contributed by atoms with van der Waals surface area (Å²) in [5, 5.41) is 11.5. The van der Waals surface area contributed by atoms with Crippen LogP contribution in [-0.4, -0.2) is 30.3 Å². The Bertz CT molecular complexity index is 335. The van der Waals surface area contributed by atoms with Gasteiger partial charge in [-0.05, 0) is 38.1 Å². The molecular formula is C12H17NO3. The Hall–Kier alpha value is -1.55. The Morgan fingerprint density at radius 2 is 2.06 bits per heavy atom. The van der Waals surface area contributed by atoms with Gasteiger partial charge in [-0.2, -0.15) is 0 Å². The molecule has 0 spiro atoms. The van der Waals surface area contributed by atoms with Gasteiger partial charge in [0.05, 0.1) is 13.2 Å². The highest BCUT2D eigenvalue weighted by Crippen LogP contribution is 2.11. The fraction of sp³-hybridized carbons (Fsp3) is 0.417. The summed E-state index contributed by atoms with van der Waals surface area (Å²) < 4.78 is 5.27. The maximum absolute atomic E-state index is 11.6. The van der Waals surface area contributed by atoms with Gasteiger partial charge in [0.1, 0.15) is 5.75 Å². The Morgan fingerprint density at radius 3 is 2.56 bits per heavy atom. The molecule has 0 saturated carbocycles. The number of rotatable bonds is 5. The minimum atomic E-state index is -0.237. The lowest BCUT2D eigenvalue weighted by molar-refractivity contribution is 0.0922. The summed E-state index contributed by atoms with van der Waals surface area (Å²) in [5.41, 5.74) is 0.559. The zero-order valence-electron chi connectivity index (χ0n) is 9.56. The molecule has 0 heterocycles. The molecule has 4 heteroatoms. The summed E-state index contributed by atoms with van der Waals surface area (Å²) in [6.07, 6.45) is 0. The molecule has 1 aromatic carbocycles. The van der Waals surface area contributed by atoms with Crippen molar-refractivity contribution in [3.05, 3.63) is 29.8 Å². The highest BCUT2D eigenvalue weighted by Gasteiger charge is 2.08. The SMILES string of the molecule is CCOc1ccc(C(=O)NC(C)CO)cc1. The molecule has 0 radical (unpaired) electrons. The summed E-state index contributed by atoms with van der Waals surface area (Å²) in [5.74, 6) is 0.554. The molecule has 4 nitrogen and oxygen atoms in total. The Kier molecular flexibility index (Phi) is 4.79. The van der Waals surface area contributed by atoms with Crippen LogP contribution in [0.15, 0.2) is 24.3 Å². The fourth-order valence-electron chi connectivity index (χ4n) is 1.22. The van der Waals surface area contributed by atoms with E-state index in [0.29, 0.717) is 12.2 Å². The second-order valence-electron chi connectivity index (χ2n) is 3.51. The highest BCUT2D eigenvalue weighted by molar-refractivity contribution is 5.94. The third kappa shape index (κ3) is 3.55. The van der Waals surface area contributed by atoms with E-state index in [1.807, 2.05) is 6.92 Å². The second-order valence-corrected chi connectivity index (χ2v) is 3.51. The van der Waals surface area contributed by atoms with Crippen molar-refractivity contribution in [2.75, 3.05) is 13.2 Å². The molecule has 0 aliphatic heterocycles. The van der Waals surface area contributed by atoms with Crippen molar-refractivity contribution in [3.63, 3.8) is 0 Å². The first kappa shape index (κ1) is 12.5. The number of aliphatic hydroxyl groups excluding tert-OH is 1. The Balaban J connectivity index is 2.63. The number of ether oxygens (including phenoxy) is 1. The first-order valence-corrected chi connectivity index (χ1v) is 5.32. The lowest BCUT2D eigenvalue weighted by Gasteiger charge is -2.11. The van der Waals surface area contributed by atoms with Crippen LogP contribution in [0.3, 0.4) is 0 Å². The topological polar surface area (TPSA) is 58.6 Å². The number of carbonyl (C=O) groups is 1. The number of benzene rings is 1. The van der Waals surface area contributed by atoms with Crippen molar-refractivity contribution in [1.29, 1.82) is 0 Å². The minimum Gasteiger partial charge on any atom is -0.494 e. The zero-order valence-corrected chi connectivity index (χ0v) is 9.56. The summed E-state index contributed by atoms with van der Waals surface area (Å²) in [6, 6.07) is 6.66. The van der Waals surface area contributed by atoms with Crippen molar-refractivity contribution < 1.29 is 14.6 Å². The minimum absolute atomic E-state index is 0.0667. The molecule has 1 atom stereocenters. The number of carbonyl (C=O) groups excluding carboxylic acids is 1. The first-order chi connectivity index (χ1) is 7.67. The van der Waals surface area contributed by atoms with Gasteiger partial charge < -0.3 is 15.2 Å². The first-order valence-electron chi connectivity index (χ1n) is 5.32. The van der Waals surface area contributed by atoms with Crippen LogP contribution >= 0.6 is 0 Å². The van der Waals surface area contributed by atoms with Gasteiger partial charge in [0.15, 0.2) is 0 Å². The molecule has 1 amide bonds. The van der Waals surface area contributed by atoms with Crippen LogP contribution in [0.5, 0.6) is 5.75 Å². The Morgan fingerprint density at radius 1 is 1.44 bits per heavy atom. The molecule has 1 unspecified atom stereocenters. The summed E-state index contributed by atoms with van der Waals surface area (Å²) >= 11 is 0. The Labute approximate surface area is 95.2 Å². The van der Waals surface area contributed by atoms with Crippen molar-refractivity contribution >= 4 is 5.91 Å². The van der Waals surface area contributed by atoms with Gasteiger partial charge in [0.25, 0.3) is 5.91 Å². The van der Waals surface area contributed by atoms with Crippen molar-refractivity contribution in [3.8, 4) is 5.75 Å². The molecule has 88 valence electrons. The number of hydrogen-bond acceptors (Lipinski definition) is 3. The monoisotopic (exact) mass is 223 g/mol. The third-order valence-corrected chi connectivity index (χ3v) is 2.08. The normalized spacial score (nSPS) is 11.9. The molecule has 1 aromatic rings. The van der Waals surface area contributed by atoms with Crippen LogP contribution in [0.25, 0.3) is 0 Å². The molecule has 0 aromatic heterocycles. The van der Waals surface area contributed by atoms with E-state index < -0.39 is 0 Å². The largest absolute Gasteiger partial charge is 0.494 e.